The van der Waals surface area contributed by atoms with E-state index in [9.17, 15) is 9.18 Å². The first-order valence-corrected chi connectivity index (χ1v) is 3.39. The molecule has 12 heavy (non-hydrogen) atoms. The molecule has 0 aliphatic rings. The van der Waals surface area contributed by atoms with Crippen molar-refractivity contribution in [3.05, 3.63) is 36.5 Å². The smallest absolute Gasteiger partial charge is 0.308 e. The molecule has 1 aromatic rings. The summed E-state index contributed by atoms with van der Waals surface area (Å²) in [6, 6.07) is 3.88. The maximum atomic E-state index is 12.6. The molecule has 0 amide bonds. The molecule has 0 saturated heterocycles. The summed E-state index contributed by atoms with van der Waals surface area (Å²) in [5.41, 5.74) is 0.478. The third-order valence-electron chi connectivity index (χ3n) is 1.19. The fourth-order valence-corrected chi connectivity index (χ4v) is 0.846. The number of halogens is 1. The lowest BCUT2D eigenvalue weighted by molar-refractivity contribution is -0.131. The van der Waals surface area contributed by atoms with E-state index in [1.165, 1.54) is 19.1 Å². The lowest BCUT2D eigenvalue weighted by Gasteiger charge is -2.01. The third kappa shape index (κ3) is 2.34. The summed E-state index contributed by atoms with van der Waals surface area (Å²) >= 11 is 0. The zero-order valence-electron chi connectivity index (χ0n) is 6.63. The van der Waals surface area contributed by atoms with Crippen LogP contribution in [0.1, 0.15) is 12.5 Å². The van der Waals surface area contributed by atoms with Crippen molar-refractivity contribution in [2.45, 2.75) is 6.92 Å². The van der Waals surface area contributed by atoms with E-state index in [-0.39, 0.29) is 5.75 Å². The first-order chi connectivity index (χ1) is 5.58. The predicted molar refractivity (Wildman–Crippen MR) is 42.2 cm³/mol. The number of esters is 1. The van der Waals surface area contributed by atoms with Crippen molar-refractivity contribution in [3.8, 4) is 5.75 Å². The Bertz CT molecular complexity index is 287. The first-order valence-electron chi connectivity index (χ1n) is 3.39. The normalized spacial score (nSPS) is 9.58. The molecule has 0 fully saturated rings. The second-order valence-electron chi connectivity index (χ2n) is 2.39. The highest BCUT2D eigenvalue weighted by Gasteiger charge is 2.00. The van der Waals surface area contributed by atoms with E-state index in [0.29, 0.717) is 5.56 Å². The van der Waals surface area contributed by atoms with Crippen LogP contribution in [0, 0.1) is 12.7 Å². The molecule has 1 aromatic carbocycles. The van der Waals surface area contributed by atoms with Crippen molar-refractivity contribution in [1.82, 2.24) is 0 Å². The number of hydrogen-bond acceptors (Lipinski definition) is 2. The van der Waals surface area contributed by atoms with Crippen molar-refractivity contribution < 1.29 is 13.9 Å². The molecule has 0 saturated carbocycles. The van der Waals surface area contributed by atoms with Crippen LogP contribution in [0.25, 0.3) is 0 Å². The summed E-state index contributed by atoms with van der Waals surface area (Å²) < 4.78 is 17.3. The minimum absolute atomic E-state index is 0.188. The van der Waals surface area contributed by atoms with Crippen molar-refractivity contribution >= 4 is 5.97 Å². The first kappa shape index (κ1) is 8.71. The molecular formula is C9H8FO2. The van der Waals surface area contributed by atoms with E-state index in [1.807, 2.05) is 0 Å². The molecule has 3 heteroatoms. The van der Waals surface area contributed by atoms with Crippen LogP contribution < -0.4 is 4.74 Å². The quantitative estimate of drug-likeness (QED) is 0.472. The molecular weight excluding hydrogens is 159 g/mol. The average Bonchev–Trinajstić information content (AvgIpc) is 1.81. The van der Waals surface area contributed by atoms with Crippen molar-refractivity contribution in [2.24, 2.45) is 0 Å². The maximum Gasteiger partial charge on any atom is 0.308 e. The number of carbonyl (C=O) groups is 1. The number of benzene rings is 1. The Morgan fingerprint density at radius 1 is 1.50 bits per heavy atom. The lowest BCUT2D eigenvalue weighted by Crippen LogP contribution is -2.01. The Balaban J connectivity index is 2.93. The van der Waals surface area contributed by atoms with Gasteiger partial charge < -0.3 is 4.74 Å². The van der Waals surface area contributed by atoms with Gasteiger partial charge in [-0.05, 0) is 24.6 Å². The summed E-state index contributed by atoms with van der Waals surface area (Å²) in [5, 5.41) is 0. The summed E-state index contributed by atoms with van der Waals surface area (Å²) in [5.74, 6) is -0.744. The van der Waals surface area contributed by atoms with E-state index in [2.05, 4.69) is 11.7 Å². The molecule has 0 N–H and O–H groups in total. The summed E-state index contributed by atoms with van der Waals surface area (Å²) in [6.07, 6.45) is 0. The summed E-state index contributed by atoms with van der Waals surface area (Å²) in [6.45, 7) is 4.78. The molecule has 0 aliphatic carbocycles. The van der Waals surface area contributed by atoms with E-state index in [4.69, 9.17) is 0 Å². The van der Waals surface area contributed by atoms with Crippen molar-refractivity contribution in [1.29, 1.82) is 0 Å². The Labute approximate surface area is 70.0 Å². The minimum atomic E-state index is -0.472. The van der Waals surface area contributed by atoms with E-state index in [0.717, 1.165) is 6.07 Å². The molecule has 2 nitrogen and oxygen atoms in total. The van der Waals surface area contributed by atoms with E-state index < -0.39 is 11.8 Å². The Morgan fingerprint density at radius 2 is 2.17 bits per heavy atom. The molecule has 0 heterocycles. The Morgan fingerprint density at radius 3 is 2.67 bits per heavy atom. The fraction of sp³-hybridized carbons (Fsp3) is 0.111. The molecule has 0 atom stereocenters. The number of rotatable bonds is 1. The van der Waals surface area contributed by atoms with Gasteiger partial charge in [-0.1, -0.05) is 0 Å². The second kappa shape index (κ2) is 3.34. The highest BCUT2D eigenvalue weighted by molar-refractivity contribution is 5.69. The van der Waals surface area contributed by atoms with Gasteiger partial charge in [0.1, 0.15) is 11.6 Å². The molecule has 0 unspecified atom stereocenters. The van der Waals surface area contributed by atoms with Crippen LogP contribution in [0.5, 0.6) is 5.75 Å². The summed E-state index contributed by atoms with van der Waals surface area (Å²) in [4.78, 5) is 10.5. The second-order valence-corrected chi connectivity index (χ2v) is 2.39. The highest BCUT2D eigenvalue weighted by Crippen LogP contribution is 2.15. The minimum Gasteiger partial charge on any atom is -0.427 e. The van der Waals surface area contributed by atoms with Gasteiger partial charge in [0.25, 0.3) is 0 Å². The zero-order valence-corrected chi connectivity index (χ0v) is 6.63. The molecule has 0 aliphatic heterocycles. The fourth-order valence-electron chi connectivity index (χ4n) is 0.846. The zero-order chi connectivity index (χ0) is 9.14. The van der Waals surface area contributed by atoms with Gasteiger partial charge in [0.05, 0.1) is 0 Å². The van der Waals surface area contributed by atoms with Gasteiger partial charge in [0.2, 0.25) is 0 Å². The van der Waals surface area contributed by atoms with Gasteiger partial charge in [-0.15, -0.1) is 0 Å². The van der Waals surface area contributed by atoms with Crippen LogP contribution in [-0.4, -0.2) is 5.97 Å². The topological polar surface area (TPSA) is 26.3 Å². The van der Waals surface area contributed by atoms with E-state index >= 15 is 0 Å². The number of ether oxygens (including phenoxy) is 1. The molecule has 1 rings (SSSR count). The molecule has 0 aromatic heterocycles. The standard InChI is InChI=1S/C9H8FO2/c1-6-3-8(10)5-9(4-6)12-7(2)11/h3-5H,1H2,2H3. The van der Waals surface area contributed by atoms with Gasteiger partial charge >= 0.3 is 5.97 Å². The van der Waals surface area contributed by atoms with Crippen molar-refractivity contribution in [3.63, 3.8) is 0 Å². The SMILES string of the molecule is [CH2]c1cc(F)cc(OC(C)=O)c1. The van der Waals surface area contributed by atoms with Gasteiger partial charge in [0.15, 0.2) is 0 Å². The average molecular weight is 167 g/mol. The highest BCUT2D eigenvalue weighted by atomic mass is 19.1. The Hall–Kier alpha value is -1.38. The van der Waals surface area contributed by atoms with Crippen LogP contribution in [0.4, 0.5) is 4.39 Å². The Kier molecular flexibility index (Phi) is 2.43. The van der Waals surface area contributed by atoms with Gasteiger partial charge in [-0.2, -0.15) is 0 Å². The van der Waals surface area contributed by atoms with Crippen LogP contribution in [0.2, 0.25) is 0 Å². The van der Waals surface area contributed by atoms with Crippen LogP contribution >= 0.6 is 0 Å². The van der Waals surface area contributed by atoms with Crippen LogP contribution in [0.3, 0.4) is 0 Å². The summed E-state index contributed by atoms with van der Waals surface area (Å²) in [7, 11) is 0. The molecule has 63 valence electrons. The number of carbonyl (C=O) groups excluding carboxylic acids is 1. The molecule has 0 bridgehead atoms. The van der Waals surface area contributed by atoms with Crippen LogP contribution in [0.15, 0.2) is 18.2 Å². The van der Waals surface area contributed by atoms with Crippen molar-refractivity contribution in [2.75, 3.05) is 0 Å². The third-order valence-corrected chi connectivity index (χ3v) is 1.19. The largest absolute Gasteiger partial charge is 0.427 e. The van der Waals surface area contributed by atoms with Gasteiger partial charge in [-0.25, -0.2) is 4.39 Å². The monoisotopic (exact) mass is 167 g/mol. The molecule has 1 radical (unpaired) electrons. The number of hydrogen-bond donors (Lipinski definition) is 0. The lowest BCUT2D eigenvalue weighted by atomic mass is 10.2. The molecule has 0 spiro atoms. The van der Waals surface area contributed by atoms with E-state index in [1.54, 1.807) is 0 Å². The maximum absolute atomic E-state index is 12.6. The van der Waals surface area contributed by atoms with Gasteiger partial charge in [-0.3, -0.25) is 4.79 Å². The van der Waals surface area contributed by atoms with Gasteiger partial charge in [0, 0.05) is 13.0 Å². The van der Waals surface area contributed by atoms with Crippen LogP contribution in [-0.2, 0) is 4.79 Å². The predicted octanol–water partition coefficient (Wildman–Crippen LogP) is 1.93.